The molecule has 1 aromatic heterocycles. The first kappa shape index (κ1) is 16.3. The molecule has 0 saturated heterocycles. The summed E-state index contributed by atoms with van der Waals surface area (Å²) in [5.74, 6) is 0.637. The Morgan fingerprint density at radius 2 is 1.75 bits per heavy atom. The van der Waals surface area contributed by atoms with Gasteiger partial charge in [-0.05, 0) is 62.4 Å². The zero-order valence-electron chi connectivity index (χ0n) is 13.4. The molecule has 2 aromatic carbocycles. The number of hydrogen-bond acceptors (Lipinski definition) is 4. The summed E-state index contributed by atoms with van der Waals surface area (Å²) in [6.45, 7) is 3.83. The number of benzene rings is 2. The van der Waals surface area contributed by atoms with E-state index in [2.05, 4.69) is 9.71 Å². The largest absolute Gasteiger partial charge is 0.491 e. The van der Waals surface area contributed by atoms with Crippen LogP contribution in [0.5, 0.6) is 5.75 Å². The first-order valence-electron chi connectivity index (χ1n) is 7.59. The van der Waals surface area contributed by atoms with Crippen LogP contribution in [0.4, 0.5) is 5.69 Å². The van der Waals surface area contributed by atoms with Gasteiger partial charge in [-0.3, -0.25) is 9.71 Å². The van der Waals surface area contributed by atoms with Crippen molar-refractivity contribution >= 4 is 26.6 Å². The molecule has 1 N–H and O–H groups in total. The SMILES string of the molecule is CC(C)Oc1ccc(S(=O)(=O)Nc2cccc3ncccc23)cc1. The Kier molecular flexibility index (Phi) is 4.40. The van der Waals surface area contributed by atoms with Crippen LogP contribution in [0.15, 0.2) is 65.7 Å². The molecule has 0 fully saturated rings. The van der Waals surface area contributed by atoms with Crippen LogP contribution < -0.4 is 9.46 Å². The zero-order valence-corrected chi connectivity index (χ0v) is 14.2. The molecule has 6 heteroatoms. The third-order valence-corrected chi connectivity index (χ3v) is 4.78. The van der Waals surface area contributed by atoms with Crippen LogP contribution >= 0.6 is 0 Å². The fourth-order valence-electron chi connectivity index (χ4n) is 2.37. The number of nitrogens with zero attached hydrogens (tertiary/aromatic N) is 1. The average molecular weight is 342 g/mol. The summed E-state index contributed by atoms with van der Waals surface area (Å²) in [4.78, 5) is 4.41. The molecule has 0 spiro atoms. The van der Waals surface area contributed by atoms with Crippen molar-refractivity contribution in [2.75, 3.05) is 4.72 Å². The topological polar surface area (TPSA) is 68.3 Å². The normalized spacial score (nSPS) is 11.6. The molecular formula is C18H18N2O3S. The molecule has 0 atom stereocenters. The number of rotatable bonds is 5. The van der Waals surface area contributed by atoms with Gasteiger partial charge in [0.2, 0.25) is 0 Å². The molecule has 0 amide bonds. The summed E-state index contributed by atoms with van der Waals surface area (Å²) >= 11 is 0. The van der Waals surface area contributed by atoms with Crippen LogP contribution in [0.3, 0.4) is 0 Å². The maximum absolute atomic E-state index is 12.6. The van der Waals surface area contributed by atoms with Crippen molar-refractivity contribution in [3.8, 4) is 5.75 Å². The molecule has 24 heavy (non-hydrogen) atoms. The van der Waals surface area contributed by atoms with Gasteiger partial charge in [0.15, 0.2) is 0 Å². The molecule has 0 unspecified atom stereocenters. The molecular weight excluding hydrogens is 324 g/mol. The van der Waals surface area contributed by atoms with E-state index in [9.17, 15) is 8.42 Å². The second kappa shape index (κ2) is 6.49. The molecule has 0 aliphatic rings. The third-order valence-electron chi connectivity index (χ3n) is 3.40. The second-order valence-electron chi connectivity index (χ2n) is 5.62. The molecule has 0 aliphatic carbocycles. The van der Waals surface area contributed by atoms with Crippen LogP contribution in [-0.4, -0.2) is 19.5 Å². The standard InChI is InChI=1S/C18H18N2O3S/c1-13(2)23-14-8-10-15(11-9-14)24(21,22)20-18-7-3-6-17-16(18)5-4-12-19-17/h3-13,20H,1-2H3. The second-order valence-corrected chi connectivity index (χ2v) is 7.30. The van der Waals surface area contributed by atoms with Gasteiger partial charge in [-0.25, -0.2) is 8.42 Å². The minimum absolute atomic E-state index is 0.0359. The first-order chi connectivity index (χ1) is 11.5. The van der Waals surface area contributed by atoms with E-state index in [1.807, 2.05) is 26.0 Å². The smallest absolute Gasteiger partial charge is 0.261 e. The molecule has 1 heterocycles. The van der Waals surface area contributed by atoms with Crippen LogP contribution in [-0.2, 0) is 10.0 Å². The minimum Gasteiger partial charge on any atom is -0.491 e. The van der Waals surface area contributed by atoms with Crippen LogP contribution in [0.1, 0.15) is 13.8 Å². The highest BCUT2D eigenvalue weighted by Crippen LogP contribution is 2.25. The predicted molar refractivity (Wildman–Crippen MR) is 94.8 cm³/mol. The number of fused-ring (bicyclic) bond motifs is 1. The number of sulfonamides is 1. The molecule has 5 nitrogen and oxygen atoms in total. The summed E-state index contributed by atoms with van der Waals surface area (Å²) in [5.41, 5.74) is 1.24. The lowest BCUT2D eigenvalue weighted by Gasteiger charge is -2.12. The third kappa shape index (κ3) is 3.49. The Morgan fingerprint density at radius 1 is 1.00 bits per heavy atom. The summed E-state index contributed by atoms with van der Waals surface area (Å²) < 4.78 is 33.4. The van der Waals surface area contributed by atoms with E-state index in [0.717, 1.165) is 10.9 Å². The highest BCUT2D eigenvalue weighted by molar-refractivity contribution is 7.92. The van der Waals surface area contributed by atoms with Gasteiger partial charge in [-0.15, -0.1) is 0 Å². The Morgan fingerprint density at radius 3 is 2.46 bits per heavy atom. The van der Waals surface area contributed by atoms with Crippen molar-refractivity contribution in [3.63, 3.8) is 0 Å². The Balaban J connectivity index is 1.90. The van der Waals surface area contributed by atoms with Gasteiger partial charge < -0.3 is 4.74 Å². The van der Waals surface area contributed by atoms with Crippen molar-refractivity contribution in [1.29, 1.82) is 0 Å². The van der Waals surface area contributed by atoms with Crippen molar-refractivity contribution in [3.05, 3.63) is 60.8 Å². The molecule has 124 valence electrons. The lowest BCUT2D eigenvalue weighted by Crippen LogP contribution is -2.13. The van der Waals surface area contributed by atoms with Crippen molar-refractivity contribution < 1.29 is 13.2 Å². The highest BCUT2D eigenvalue weighted by atomic mass is 32.2. The molecule has 3 aromatic rings. The monoisotopic (exact) mass is 342 g/mol. The van der Waals surface area contributed by atoms with E-state index >= 15 is 0 Å². The number of hydrogen-bond donors (Lipinski definition) is 1. The Hall–Kier alpha value is -2.60. The van der Waals surface area contributed by atoms with E-state index in [1.165, 1.54) is 12.1 Å². The summed E-state index contributed by atoms with van der Waals surface area (Å²) in [7, 11) is -3.68. The van der Waals surface area contributed by atoms with Gasteiger partial charge in [0.25, 0.3) is 10.0 Å². The lowest BCUT2D eigenvalue weighted by atomic mass is 10.2. The quantitative estimate of drug-likeness (QED) is 0.765. The molecule has 0 bridgehead atoms. The fourth-order valence-corrected chi connectivity index (χ4v) is 3.45. The number of ether oxygens (including phenoxy) is 1. The Bertz CT molecular complexity index is 946. The van der Waals surface area contributed by atoms with Crippen molar-refractivity contribution in [1.82, 2.24) is 4.98 Å². The summed E-state index contributed by atoms with van der Waals surface area (Å²) in [5, 5.41) is 0.753. The molecule has 0 aliphatic heterocycles. The Labute approximate surface area is 141 Å². The summed E-state index contributed by atoms with van der Waals surface area (Å²) in [6, 6.07) is 15.3. The van der Waals surface area contributed by atoms with Crippen LogP contribution in [0.2, 0.25) is 0 Å². The molecule has 3 rings (SSSR count). The van der Waals surface area contributed by atoms with E-state index < -0.39 is 10.0 Å². The van der Waals surface area contributed by atoms with E-state index in [0.29, 0.717) is 11.4 Å². The van der Waals surface area contributed by atoms with Gasteiger partial charge >= 0.3 is 0 Å². The van der Waals surface area contributed by atoms with Gasteiger partial charge in [0.1, 0.15) is 5.75 Å². The fraction of sp³-hybridized carbons (Fsp3) is 0.167. The van der Waals surface area contributed by atoms with Gasteiger partial charge in [0, 0.05) is 11.6 Å². The average Bonchev–Trinajstić information content (AvgIpc) is 2.55. The lowest BCUT2D eigenvalue weighted by molar-refractivity contribution is 0.242. The number of nitrogens with one attached hydrogen (secondary N) is 1. The van der Waals surface area contributed by atoms with Crippen molar-refractivity contribution in [2.45, 2.75) is 24.8 Å². The van der Waals surface area contributed by atoms with E-state index in [1.54, 1.807) is 36.5 Å². The van der Waals surface area contributed by atoms with E-state index in [-0.39, 0.29) is 11.0 Å². The van der Waals surface area contributed by atoms with Crippen molar-refractivity contribution in [2.24, 2.45) is 0 Å². The first-order valence-corrected chi connectivity index (χ1v) is 9.07. The van der Waals surface area contributed by atoms with Crippen LogP contribution in [0.25, 0.3) is 10.9 Å². The maximum atomic E-state index is 12.6. The zero-order chi connectivity index (χ0) is 17.2. The minimum atomic E-state index is -3.68. The number of aromatic nitrogens is 1. The predicted octanol–water partition coefficient (Wildman–Crippen LogP) is 3.82. The van der Waals surface area contributed by atoms with Gasteiger partial charge in [-0.2, -0.15) is 0 Å². The number of pyridine rings is 1. The summed E-state index contributed by atoms with van der Waals surface area (Å²) in [6.07, 6.45) is 1.71. The van der Waals surface area contributed by atoms with E-state index in [4.69, 9.17) is 4.74 Å². The number of anilines is 1. The van der Waals surface area contributed by atoms with Gasteiger partial charge in [0.05, 0.1) is 22.2 Å². The maximum Gasteiger partial charge on any atom is 0.261 e. The highest BCUT2D eigenvalue weighted by Gasteiger charge is 2.15. The van der Waals surface area contributed by atoms with Gasteiger partial charge in [-0.1, -0.05) is 6.07 Å². The molecule has 0 saturated carbocycles. The van der Waals surface area contributed by atoms with Crippen LogP contribution in [0, 0.1) is 0 Å². The molecule has 0 radical (unpaired) electrons.